The molecule has 0 aliphatic heterocycles. The maximum atomic E-state index is 11.8. The van der Waals surface area contributed by atoms with Gasteiger partial charge in [-0.1, -0.05) is 69.7 Å². The van der Waals surface area contributed by atoms with Gasteiger partial charge in [0.2, 0.25) is 0 Å². The highest BCUT2D eigenvalue weighted by Gasteiger charge is 2.37. The van der Waals surface area contributed by atoms with Crippen LogP contribution in [0.15, 0.2) is 42.5 Å². The van der Waals surface area contributed by atoms with E-state index in [9.17, 15) is 14.9 Å². The predicted molar refractivity (Wildman–Crippen MR) is 144 cm³/mol. The van der Waals surface area contributed by atoms with Crippen molar-refractivity contribution in [2.24, 2.45) is 29.6 Å². The largest absolute Gasteiger partial charge is 0.466 e. The van der Waals surface area contributed by atoms with E-state index in [4.69, 9.17) is 4.74 Å². The number of unbranched alkanes of at least 4 members (excludes halogenated alkanes) is 2. The quantitative estimate of drug-likeness (QED) is 0.0680. The van der Waals surface area contributed by atoms with Crippen LogP contribution in [0.3, 0.4) is 0 Å². The summed E-state index contributed by atoms with van der Waals surface area (Å²) in [6.45, 7) is 7.62. The Morgan fingerprint density at radius 2 is 1.78 bits per heavy atom. The van der Waals surface area contributed by atoms with Gasteiger partial charge in [-0.3, -0.25) is 4.79 Å². The zero-order valence-corrected chi connectivity index (χ0v) is 22.6. The van der Waals surface area contributed by atoms with Crippen LogP contribution in [0.2, 0.25) is 0 Å². The summed E-state index contributed by atoms with van der Waals surface area (Å²) in [7, 11) is 0. The Morgan fingerprint density at radius 3 is 2.53 bits per heavy atom. The Labute approximate surface area is 217 Å². The lowest BCUT2D eigenvalue weighted by molar-refractivity contribution is -0.757. The lowest BCUT2D eigenvalue weighted by Gasteiger charge is -2.25. The molecule has 0 spiro atoms. The van der Waals surface area contributed by atoms with Crippen molar-refractivity contribution >= 4 is 5.97 Å². The zero-order valence-electron chi connectivity index (χ0n) is 22.6. The number of benzene rings is 1. The number of rotatable bonds is 18. The van der Waals surface area contributed by atoms with Gasteiger partial charge in [-0.05, 0) is 92.9 Å². The van der Waals surface area contributed by atoms with Gasteiger partial charge in [0.05, 0.1) is 13.2 Å². The van der Waals surface area contributed by atoms with Crippen molar-refractivity contribution in [3.8, 4) is 0 Å². The van der Waals surface area contributed by atoms with Gasteiger partial charge in [-0.2, -0.15) is 0 Å². The maximum Gasteiger partial charge on any atom is 0.305 e. The van der Waals surface area contributed by atoms with E-state index in [1.165, 1.54) is 37.7 Å². The van der Waals surface area contributed by atoms with E-state index in [0.717, 1.165) is 48.9 Å². The highest BCUT2D eigenvalue weighted by atomic mass is 16.9. The van der Waals surface area contributed by atoms with Gasteiger partial charge in [-0.25, -0.2) is 0 Å². The van der Waals surface area contributed by atoms with Crippen molar-refractivity contribution in [1.29, 1.82) is 0 Å². The number of esters is 1. The summed E-state index contributed by atoms with van der Waals surface area (Å²) in [6.07, 6.45) is 15.3. The predicted octanol–water partition coefficient (Wildman–Crippen LogP) is 7.59. The fraction of sp³-hybridized carbons (Fsp3) is 0.700. The Bertz CT molecular complexity index is 781. The molecule has 0 aromatic heterocycles. The molecule has 0 radical (unpaired) electrons. The summed E-state index contributed by atoms with van der Waals surface area (Å²) < 4.78 is 5.18. The van der Waals surface area contributed by atoms with Crippen LogP contribution in [0.25, 0.3) is 0 Å². The van der Waals surface area contributed by atoms with Gasteiger partial charge in [-0.15, -0.1) is 10.1 Å². The molecule has 6 heteroatoms. The number of nitrogens with zero attached hydrogens (tertiary/aromatic N) is 1. The van der Waals surface area contributed by atoms with Crippen molar-refractivity contribution in [3.63, 3.8) is 0 Å². The lowest BCUT2D eigenvalue weighted by atomic mass is 9.80. The van der Waals surface area contributed by atoms with Gasteiger partial charge < -0.3 is 9.57 Å². The standard InChI is InChI=1S/C30H47NO5/c1-24(17-19-27-13-7-6-8-14-27)18-20-29-26(3)23-25(2)28(29)15-9-4-5-10-16-30(32)35-21-11-12-22-36-31(33)34/h4,6-9,13-14,24-26,28-29H,5,10-12,15-23H2,1-3H3/b9-4-/t24-,25-,26+,28-,29-/m0/s1. The van der Waals surface area contributed by atoms with E-state index in [1.807, 2.05) is 0 Å². The van der Waals surface area contributed by atoms with Crippen LogP contribution < -0.4 is 0 Å². The third-order valence-corrected chi connectivity index (χ3v) is 7.84. The maximum absolute atomic E-state index is 11.8. The number of hydrogen-bond acceptors (Lipinski definition) is 5. The summed E-state index contributed by atoms with van der Waals surface area (Å²) in [5.74, 6) is 3.73. The molecule has 1 aliphatic carbocycles. The third kappa shape index (κ3) is 12.0. The first-order valence-corrected chi connectivity index (χ1v) is 14.0. The van der Waals surface area contributed by atoms with Crippen LogP contribution in [0, 0.1) is 39.7 Å². The molecule has 202 valence electrons. The highest BCUT2D eigenvalue weighted by Crippen LogP contribution is 2.46. The second-order valence-electron chi connectivity index (χ2n) is 10.8. The lowest BCUT2D eigenvalue weighted by Crippen LogP contribution is -2.16. The molecule has 1 saturated carbocycles. The summed E-state index contributed by atoms with van der Waals surface area (Å²) in [5, 5.41) is 9.26. The fourth-order valence-electron chi connectivity index (χ4n) is 5.70. The molecule has 6 nitrogen and oxygen atoms in total. The molecule has 0 heterocycles. The van der Waals surface area contributed by atoms with E-state index >= 15 is 0 Å². The number of carbonyl (C=O) groups is 1. The Balaban J connectivity index is 1.60. The van der Waals surface area contributed by atoms with Crippen molar-refractivity contribution < 1.29 is 19.5 Å². The Hall–Kier alpha value is -2.37. The van der Waals surface area contributed by atoms with Crippen LogP contribution in [0.5, 0.6) is 0 Å². The van der Waals surface area contributed by atoms with Gasteiger partial charge in [0, 0.05) is 6.42 Å². The van der Waals surface area contributed by atoms with Gasteiger partial charge in [0.25, 0.3) is 5.09 Å². The van der Waals surface area contributed by atoms with E-state index in [1.54, 1.807) is 0 Å². The van der Waals surface area contributed by atoms with Crippen LogP contribution in [-0.4, -0.2) is 24.3 Å². The van der Waals surface area contributed by atoms with Crippen LogP contribution in [0.4, 0.5) is 0 Å². The summed E-state index contributed by atoms with van der Waals surface area (Å²) >= 11 is 0. The number of ether oxygens (including phenoxy) is 1. The molecule has 1 fully saturated rings. The minimum absolute atomic E-state index is 0.0435. The number of aryl methyl sites for hydroxylation is 1. The Kier molecular flexibility index (Phi) is 14.2. The Morgan fingerprint density at radius 1 is 1.06 bits per heavy atom. The molecule has 1 aromatic carbocycles. The summed E-state index contributed by atoms with van der Waals surface area (Å²) in [5.41, 5.74) is 1.45. The average Bonchev–Trinajstić information content (AvgIpc) is 3.12. The zero-order chi connectivity index (χ0) is 26.2. The molecule has 0 unspecified atom stereocenters. The average molecular weight is 502 g/mol. The molecule has 0 amide bonds. The van der Waals surface area contributed by atoms with Gasteiger partial charge in [0.1, 0.15) is 0 Å². The number of hydrogen-bond donors (Lipinski definition) is 0. The molecule has 0 bridgehead atoms. The molecule has 36 heavy (non-hydrogen) atoms. The molecular formula is C30H47NO5. The van der Waals surface area contributed by atoms with E-state index in [0.29, 0.717) is 25.9 Å². The second-order valence-corrected chi connectivity index (χ2v) is 10.8. The molecule has 1 aliphatic rings. The van der Waals surface area contributed by atoms with Crippen LogP contribution in [-0.2, 0) is 20.8 Å². The van der Waals surface area contributed by atoms with Gasteiger partial charge >= 0.3 is 5.97 Å². The first kappa shape index (κ1) is 29.9. The summed E-state index contributed by atoms with van der Waals surface area (Å²) in [6, 6.07) is 10.8. The molecule has 1 aromatic rings. The van der Waals surface area contributed by atoms with E-state index in [-0.39, 0.29) is 12.6 Å². The monoisotopic (exact) mass is 501 g/mol. The smallest absolute Gasteiger partial charge is 0.305 e. The topological polar surface area (TPSA) is 78.7 Å². The van der Waals surface area contributed by atoms with Crippen molar-refractivity contribution in [2.45, 2.75) is 91.4 Å². The van der Waals surface area contributed by atoms with Crippen molar-refractivity contribution in [3.05, 3.63) is 58.2 Å². The van der Waals surface area contributed by atoms with Gasteiger partial charge in [0.15, 0.2) is 0 Å². The van der Waals surface area contributed by atoms with Crippen LogP contribution in [0.1, 0.15) is 90.5 Å². The SMILES string of the molecule is C[C@@H](CCc1ccccc1)CC[C@@H]1[C@@H](C/C=C\CCCC(=O)OCCCCO[N+](=O)[O-])[C@@H](C)C[C@H]1C. The number of carbonyl (C=O) groups excluding carboxylic acids is 1. The molecule has 5 atom stereocenters. The third-order valence-electron chi connectivity index (χ3n) is 7.84. The van der Waals surface area contributed by atoms with Crippen molar-refractivity contribution in [2.75, 3.05) is 13.2 Å². The van der Waals surface area contributed by atoms with E-state index in [2.05, 4.69) is 68.1 Å². The molecule has 0 N–H and O–H groups in total. The fourth-order valence-corrected chi connectivity index (χ4v) is 5.70. The molecular weight excluding hydrogens is 454 g/mol. The first-order valence-electron chi connectivity index (χ1n) is 14.0. The van der Waals surface area contributed by atoms with Crippen LogP contribution >= 0.6 is 0 Å². The molecule has 0 saturated heterocycles. The first-order chi connectivity index (χ1) is 17.4. The van der Waals surface area contributed by atoms with Crippen molar-refractivity contribution in [1.82, 2.24) is 0 Å². The summed E-state index contributed by atoms with van der Waals surface area (Å²) in [4.78, 5) is 26.1. The highest BCUT2D eigenvalue weighted by molar-refractivity contribution is 5.69. The van der Waals surface area contributed by atoms with E-state index < -0.39 is 5.09 Å². The minimum atomic E-state index is -0.803. The normalized spacial score (nSPS) is 22.5. The second kappa shape index (κ2) is 17.1. The minimum Gasteiger partial charge on any atom is -0.466 e. The molecule has 2 rings (SSSR count). The number of allylic oxidation sites excluding steroid dienone is 2.